The summed E-state index contributed by atoms with van der Waals surface area (Å²) in [6.07, 6.45) is 3.36. The van der Waals surface area contributed by atoms with Crippen molar-refractivity contribution in [2.24, 2.45) is 5.92 Å². The number of nitrogens with zero attached hydrogens (tertiary/aromatic N) is 2. The van der Waals surface area contributed by atoms with E-state index in [-0.39, 0.29) is 24.0 Å². The highest BCUT2D eigenvalue weighted by molar-refractivity contribution is 5.76. The Morgan fingerprint density at radius 3 is 2.33 bits per heavy atom. The lowest BCUT2D eigenvalue weighted by Gasteiger charge is -2.35. The first-order valence-corrected chi connectivity index (χ1v) is 10.1. The minimum Gasteiger partial charge on any atom is -0.466 e. The molecule has 2 aliphatic heterocycles. The number of piperidine rings is 2. The van der Waals surface area contributed by atoms with E-state index < -0.39 is 0 Å². The number of ether oxygens (including phenoxy) is 1. The van der Waals surface area contributed by atoms with E-state index in [0.717, 1.165) is 32.5 Å². The van der Waals surface area contributed by atoms with Gasteiger partial charge in [0.05, 0.1) is 12.5 Å². The van der Waals surface area contributed by atoms with Crippen LogP contribution in [0.3, 0.4) is 0 Å². The highest BCUT2D eigenvalue weighted by Crippen LogP contribution is 2.19. The van der Waals surface area contributed by atoms with Gasteiger partial charge in [0.2, 0.25) is 0 Å². The third-order valence-corrected chi connectivity index (χ3v) is 5.57. The standard InChI is InChI=1S/C21H31N3O3/c1-2-27-20(25)18-8-14-24(15-9-18)21(26)22-19-10-12-23(13-11-19)16-17-6-4-3-5-7-17/h3-7,18-19H,2,8-16H2,1H3,(H,22,26). The number of urea groups is 1. The highest BCUT2D eigenvalue weighted by atomic mass is 16.5. The molecule has 0 saturated carbocycles. The molecule has 0 atom stereocenters. The minimum absolute atomic E-state index is 0.0128. The van der Waals surface area contributed by atoms with E-state index in [0.29, 0.717) is 32.5 Å². The van der Waals surface area contributed by atoms with Gasteiger partial charge in [-0.25, -0.2) is 4.79 Å². The summed E-state index contributed by atoms with van der Waals surface area (Å²) in [6, 6.07) is 10.8. The SMILES string of the molecule is CCOC(=O)C1CCN(C(=O)NC2CCN(Cc3ccccc3)CC2)CC1. The van der Waals surface area contributed by atoms with Crippen molar-refractivity contribution < 1.29 is 14.3 Å². The lowest BCUT2D eigenvalue weighted by atomic mass is 9.97. The van der Waals surface area contributed by atoms with Crippen LogP contribution in [0.25, 0.3) is 0 Å². The zero-order valence-corrected chi connectivity index (χ0v) is 16.2. The van der Waals surface area contributed by atoms with Gasteiger partial charge in [-0.1, -0.05) is 30.3 Å². The molecule has 0 bridgehead atoms. The van der Waals surface area contributed by atoms with Gasteiger partial charge < -0.3 is 15.0 Å². The molecule has 6 nitrogen and oxygen atoms in total. The van der Waals surface area contributed by atoms with Crippen molar-refractivity contribution >= 4 is 12.0 Å². The molecule has 0 aromatic heterocycles. The van der Waals surface area contributed by atoms with Crippen molar-refractivity contribution in [3.63, 3.8) is 0 Å². The zero-order valence-electron chi connectivity index (χ0n) is 16.2. The Morgan fingerprint density at radius 2 is 1.70 bits per heavy atom. The smallest absolute Gasteiger partial charge is 0.317 e. The van der Waals surface area contributed by atoms with Crippen LogP contribution >= 0.6 is 0 Å². The third kappa shape index (κ3) is 5.70. The Bertz CT molecular complexity index is 606. The van der Waals surface area contributed by atoms with Gasteiger partial charge in [0.25, 0.3) is 0 Å². The molecule has 148 valence electrons. The van der Waals surface area contributed by atoms with Gasteiger partial charge in [0.15, 0.2) is 0 Å². The van der Waals surface area contributed by atoms with Gasteiger partial charge in [-0.2, -0.15) is 0 Å². The number of rotatable bonds is 5. The van der Waals surface area contributed by atoms with Crippen LogP contribution in [0.1, 0.15) is 38.2 Å². The number of esters is 1. The molecule has 0 unspecified atom stereocenters. The molecule has 0 spiro atoms. The molecule has 2 amide bonds. The summed E-state index contributed by atoms with van der Waals surface area (Å²) in [6.45, 7) is 6.48. The molecule has 1 N–H and O–H groups in total. The van der Waals surface area contributed by atoms with Gasteiger partial charge in [-0.15, -0.1) is 0 Å². The number of nitrogens with one attached hydrogen (secondary N) is 1. The minimum atomic E-state index is -0.122. The van der Waals surface area contributed by atoms with E-state index in [9.17, 15) is 9.59 Å². The van der Waals surface area contributed by atoms with Crippen molar-refractivity contribution in [2.75, 3.05) is 32.8 Å². The molecule has 0 radical (unpaired) electrons. The Morgan fingerprint density at radius 1 is 1.04 bits per heavy atom. The number of hydrogen-bond donors (Lipinski definition) is 1. The molecular weight excluding hydrogens is 342 g/mol. The number of carbonyl (C=O) groups is 2. The maximum Gasteiger partial charge on any atom is 0.317 e. The number of hydrogen-bond acceptors (Lipinski definition) is 4. The fourth-order valence-electron chi connectivity index (χ4n) is 3.92. The third-order valence-electron chi connectivity index (χ3n) is 5.57. The zero-order chi connectivity index (χ0) is 19.1. The van der Waals surface area contributed by atoms with Crippen LogP contribution in [-0.4, -0.2) is 60.6 Å². The van der Waals surface area contributed by atoms with Crippen LogP contribution in [0.2, 0.25) is 0 Å². The van der Waals surface area contributed by atoms with Crippen LogP contribution in [0.4, 0.5) is 4.79 Å². The molecule has 1 aromatic rings. The summed E-state index contributed by atoms with van der Waals surface area (Å²) in [5.41, 5.74) is 1.34. The van der Waals surface area contributed by atoms with E-state index >= 15 is 0 Å². The quantitative estimate of drug-likeness (QED) is 0.806. The second kappa shape index (κ2) is 9.74. The number of likely N-dealkylation sites (tertiary alicyclic amines) is 2. The van der Waals surface area contributed by atoms with Gasteiger partial charge in [-0.3, -0.25) is 9.69 Å². The Kier molecular flexibility index (Phi) is 7.10. The molecule has 3 rings (SSSR count). The summed E-state index contributed by atoms with van der Waals surface area (Å²) in [5, 5.41) is 3.19. The van der Waals surface area contributed by atoms with Crippen LogP contribution in [0.15, 0.2) is 30.3 Å². The van der Waals surface area contributed by atoms with Crippen LogP contribution in [-0.2, 0) is 16.1 Å². The highest BCUT2D eigenvalue weighted by Gasteiger charge is 2.29. The van der Waals surface area contributed by atoms with Crippen molar-refractivity contribution in [1.29, 1.82) is 0 Å². The van der Waals surface area contributed by atoms with Crippen molar-refractivity contribution in [3.8, 4) is 0 Å². The summed E-state index contributed by atoms with van der Waals surface area (Å²) >= 11 is 0. The van der Waals surface area contributed by atoms with Gasteiger partial charge in [-0.05, 0) is 38.2 Å². The van der Waals surface area contributed by atoms with Gasteiger partial charge >= 0.3 is 12.0 Å². The predicted octanol–water partition coefficient (Wildman–Crippen LogP) is 2.64. The van der Waals surface area contributed by atoms with Crippen LogP contribution in [0, 0.1) is 5.92 Å². The molecule has 2 saturated heterocycles. The lowest BCUT2D eigenvalue weighted by Crippen LogP contribution is -2.51. The largest absolute Gasteiger partial charge is 0.466 e. The predicted molar refractivity (Wildman–Crippen MR) is 104 cm³/mol. The molecule has 6 heteroatoms. The summed E-state index contributed by atoms with van der Waals surface area (Å²) in [7, 11) is 0. The molecule has 2 fully saturated rings. The Balaban J connectivity index is 1.37. The maximum atomic E-state index is 12.5. The van der Waals surface area contributed by atoms with E-state index in [1.165, 1.54) is 5.56 Å². The molecule has 2 heterocycles. The Hall–Kier alpha value is -2.08. The van der Waals surface area contributed by atoms with Crippen molar-refractivity contribution in [2.45, 2.75) is 45.2 Å². The number of benzene rings is 1. The maximum absolute atomic E-state index is 12.5. The fraction of sp³-hybridized carbons (Fsp3) is 0.619. The molecular formula is C21H31N3O3. The average molecular weight is 373 g/mol. The van der Waals surface area contributed by atoms with Gasteiger partial charge in [0.1, 0.15) is 0 Å². The normalized spacial score (nSPS) is 19.7. The molecule has 1 aromatic carbocycles. The van der Waals surface area contributed by atoms with Crippen LogP contribution < -0.4 is 5.32 Å². The number of carbonyl (C=O) groups excluding carboxylic acids is 2. The van der Waals surface area contributed by atoms with Crippen molar-refractivity contribution in [3.05, 3.63) is 35.9 Å². The van der Waals surface area contributed by atoms with Crippen LogP contribution in [0.5, 0.6) is 0 Å². The first kappa shape index (κ1) is 19.7. The lowest BCUT2D eigenvalue weighted by molar-refractivity contribution is -0.149. The summed E-state index contributed by atoms with van der Waals surface area (Å²) in [5.74, 6) is -0.182. The van der Waals surface area contributed by atoms with E-state index in [1.54, 1.807) is 0 Å². The van der Waals surface area contributed by atoms with E-state index in [1.807, 2.05) is 17.9 Å². The van der Waals surface area contributed by atoms with Crippen molar-refractivity contribution in [1.82, 2.24) is 15.1 Å². The monoisotopic (exact) mass is 373 g/mol. The first-order valence-electron chi connectivity index (χ1n) is 10.1. The second-order valence-corrected chi connectivity index (χ2v) is 7.50. The van der Waals surface area contributed by atoms with E-state index in [4.69, 9.17) is 4.74 Å². The molecule has 2 aliphatic rings. The average Bonchev–Trinajstić information content (AvgIpc) is 2.70. The molecule has 0 aliphatic carbocycles. The van der Waals surface area contributed by atoms with E-state index in [2.05, 4.69) is 34.5 Å². The summed E-state index contributed by atoms with van der Waals surface area (Å²) < 4.78 is 5.09. The molecule has 27 heavy (non-hydrogen) atoms. The second-order valence-electron chi connectivity index (χ2n) is 7.50. The fourth-order valence-corrected chi connectivity index (χ4v) is 3.92. The summed E-state index contributed by atoms with van der Waals surface area (Å²) in [4.78, 5) is 28.6. The first-order chi connectivity index (χ1) is 13.2. The topological polar surface area (TPSA) is 61.9 Å². The number of amides is 2. The van der Waals surface area contributed by atoms with Gasteiger partial charge in [0, 0.05) is 38.8 Å². The Labute approximate surface area is 161 Å².